The Morgan fingerprint density at radius 3 is 2.18 bits per heavy atom. The lowest BCUT2D eigenvalue weighted by molar-refractivity contribution is 0.214. The third-order valence-electron chi connectivity index (χ3n) is 4.96. The summed E-state index contributed by atoms with van der Waals surface area (Å²) < 4.78 is 26.9. The van der Waals surface area contributed by atoms with E-state index in [4.69, 9.17) is 0 Å². The van der Waals surface area contributed by atoms with Crippen molar-refractivity contribution in [2.24, 2.45) is 0 Å². The molecular formula is C21H27N3O3S. The van der Waals surface area contributed by atoms with Crippen LogP contribution in [0.4, 0.5) is 10.5 Å². The van der Waals surface area contributed by atoms with E-state index in [9.17, 15) is 13.2 Å². The number of rotatable bonds is 5. The molecule has 1 aliphatic heterocycles. The summed E-state index contributed by atoms with van der Waals surface area (Å²) in [7, 11) is -2.03. The standard InChI is InChI=1S/C21H27N3O3S/c1-23(17-18-9-5-4-6-10-18)28(26,27)20-13-11-19(12-14-20)22-21(25)24-15-7-2-3-8-16-24/h4-6,9-14H,2-3,7-8,15-17H2,1H3,(H,22,25). The van der Waals surface area contributed by atoms with Crippen molar-refractivity contribution in [2.45, 2.75) is 37.1 Å². The largest absolute Gasteiger partial charge is 0.325 e. The van der Waals surface area contributed by atoms with E-state index in [2.05, 4.69) is 5.32 Å². The van der Waals surface area contributed by atoms with Crippen LogP contribution in [0.25, 0.3) is 0 Å². The number of benzene rings is 2. The summed E-state index contributed by atoms with van der Waals surface area (Å²) in [5.74, 6) is 0. The van der Waals surface area contributed by atoms with Crippen LogP contribution in [0.15, 0.2) is 59.5 Å². The zero-order valence-corrected chi connectivity index (χ0v) is 17.0. The van der Waals surface area contributed by atoms with Gasteiger partial charge in [0, 0.05) is 32.4 Å². The maximum absolute atomic E-state index is 12.8. The molecule has 2 aromatic rings. The molecule has 1 heterocycles. The Kier molecular flexibility index (Phi) is 6.70. The summed E-state index contributed by atoms with van der Waals surface area (Å²) in [6, 6.07) is 15.7. The molecular weight excluding hydrogens is 374 g/mol. The Bertz CT molecular complexity index is 875. The number of carbonyl (C=O) groups excluding carboxylic acids is 1. The van der Waals surface area contributed by atoms with Crippen LogP contribution in [-0.2, 0) is 16.6 Å². The van der Waals surface area contributed by atoms with E-state index in [1.807, 2.05) is 35.2 Å². The van der Waals surface area contributed by atoms with Crippen LogP contribution in [-0.4, -0.2) is 43.8 Å². The molecule has 0 bridgehead atoms. The van der Waals surface area contributed by atoms with Crippen molar-refractivity contribution in [3.05, 3.63) is 60.2 Å². The Morgan fingerprint density at radius 2 is 1.57 bits per heavy atom. The molecule has 150 valence electrons. The summed E-state index contributed by atoms with van der Waals surface area (Å²) in [5, 5.41) is 2.87. The zero-order chi connectivity index (χ0) is 20.0. The lowest BCUT2D eigenvalue weighted by Crippen LogP contribution is -2.35. The smallest absolute Gasteiger partial charge is 0.321 e. The minimum Gasteiger partial charge on any atom is -0.325 e. The van der Waals surface area contributed by atoms with E-state index in [0.717, 1.165) is 44.3 Å². The van der Waals surface area contributed by atoms with E-state index in [0.29, 0.717) is 12.2 Å². The fourth-order valence-electron chi connectivity index (χ4n) is 3.29. The maximum atomic E-state index is 12.8. The van der Waals surface area contributed by atoms with Gasteiger partial charge in [0.05, 0.1) is 4.90 Å². The van der Waals surface area contributed by atoms with Gasteiger partial charge in [-0.15, -0.1) is 0 Å². The molecule has 0 atom stereocenters. The monoisotopic (exact) mass is 401 g/mol. The van der Waals surface area contributed by atoms with Crippen molar-refractivity contribution in [3.63, 3.8) is 0 Å². The average Bonchev–Trinajstić information content (AvgIpc) is 2.99. The molecule has 1 aliphatic rings. The van der Waals surface area contributed by atoms with Gasteiger partial charge in [0.1, 0.15) is 0 Å². The van der Waals surface area contributed by atoms with Crippen LogP contribution in [0, 0.1) is 0 Å². The number of hydrogen-bond donors (Lipinski definition) is 1. The van der Waals surface area contributed by atoms with Gasteiger partial charge >= 0.3 is 6.03 Å². The number of nitrogens with zero attached hydrogens (tertiary/aromatic N) is 2. The van der Waals surface area contributed by atoms with E-state index in [1.165, 1.54) is 16.4 Å². The van der Waals surface area contributed by atoms with Gasteiger partial charge in [0.15, 0.2) is 0 Å². The second-order valence-corrected chi connectivity index (χ2v) is 9.15. The molecule has 7 heteroatoms. The molecule has 3 rings (SSSR count). The van der Waals surface area contributed by atoms with E-state index in [-0.39, 0.29) is 10.9 Å². The molecule has 1 N–H and O–H groups in total. The average molecular weight is 402 g/mol. The highest BCUT2D eigenvalue weighted by Crippen LogP contribution is 2.20. The summed E-state index contributed by atoms with van der Waals surface area (Å²) in [6.45, 7) is 1.84. The minimum absolute atomic E-state index is 0.126. The molecule has 0 radical (unpaired) electrons. The van der Waals surface area contributed by atoms with Gasteiger partial charge in [-0.3, -0.25) is 0 Å². The zero-order valence-electron chi connectivity index (χ0n) is 16.2. The van der Waals surface area contributed by atoms with E-state index in [1.54, 1.807) is 19.2 Å². The molecule has 2 aromatic carbocycles. The van der Waals surface area contributed by atoms with Gasteiger partial charge in [-0.05, 0) is 42.7 Å². The Balaban J connectivity index is 1.64. The molecule has 1 saturated heterocycles. The van der Waals surface area contributed by atoms with Crippen LogP contribution >= 0.6 is 0 Å². The fourth-order valence-corrected chi connectivity index (χ4v) is 4.45. The highest BCUT2D eigenvalue weighted by molar-refractivity contribution is 7.89. The lowest BCUT2D eigenvalue weighted by Gasteiger charge is -2.21. The molecule has 2 amide bonds. The molecule has 0 aliphatic carbocycles. The van der Waals surface area contributed by atoms with Gasteiger partial charge in [0.2, 0.25) is 10.0 Å². The van der Waals surface area contributed by atoms with Crippen LogP contribution in [0.2, 0.25) is 0 Å². The SMILES string of the molecule is CN(Cc1ccccc1)S(=O)(=O)c1ccc(NC(=O)N2CCCCCC2)cc1. The number of nitrogens with one attached hydrogen (secondary N) is 1. The first-order valence-corrected chi connectivity index (χ1v) is 11.1. The number of urea groups is 1. The van der Waals surface area contributed by atoms with Crippen LogP contribution < -0.4 is 5.32 Å². The second-order valence-electron chi connectivity index (χ2n) is 7.10. The first kappa shape index (κ1) is 20.4. The normalized spacial score (nSPS) is 15.3. The molecule has 0 saturated carbocycles. The highest BCUT2D eigenvalue weighted by Gasteiger charge is 2.21. The van der Waals surface area contributed by atoms with Gasteiger partial charge in [-0.2, -0.15) is 4.31 Å². The lowest BCUT2D eigenvalue weighted by atomic mass is 10.2. The Hall–Kier alpha value is -2.38. The Morgan fingerprint density at radius 1 is 0.964 bits per heavy atom. The van der Waals surface area contributed by atoms with Gasteiger partial charge in [-0.1, -0.05) is 43.2 Å². The van der Waals surface area contributed by atoms with E-state index < -0.39 is 10.0 Å². The molecule has 1 fully saturated rings. The summed E-state index contributed by atoms with van der Waals surface area (Å²) in [6.07, 6.45) is 4.37. The Labute approximate surface area is 167 Å². The van der Waals surface area contributed by atoms with Crippen LogP contribution in [0.3, 0.4) is 0 Å². The van der Waals surface area contributed by atoms with Crippen molar-refractivity contribution < 1.29 is 13.2 Å². The van der Waals surface area contributed by atoms with E-state index >= 15 is 0 Å². The number of amides is 2. The number of carbonyl (C=O) groups is 1. The van der Waals surface area contributed by atoms with Crippen molar-refractivity contribution in [1.29, 1.82) is 0 Å². The number of likely N-dealkylation sites (tertiary alicyclic amines) is 1. The number of sulfonamides is 1. The molecule has 0 spiro atoms. The first-order chi connectivity index (χ1) is 13.5. The number of anilines is 1. The van der Waals surface area contributed by atoms with Gasteiger partial charge < -0.3 is 10.2 Å². The summed E-state index contributed by atoms with van der Waals surface area (Å²) in [4.78, 5) is 14.4. The molecule has 28 heavy (non-hydrogen) atoms. The van der Waals surface area contributed by atoms with Crippen LogP contribution in [0.1, 0.15) is 31.2 Å². The fraction of sp³-hybridized carbons (Fsp3) is 0.381. The van der Waals surface area contributed by atoms with Crippen molar-refractivity contribution in [3.8, 4) is 0 Å². The van der Waals surface area contributed by atoms with Crippen molar-refractivity contribution in [1.82, 2.24) is 9.21 Å². The quantitative estimate of drug-likeness (QED) is 0.826. The molecule has 6 nitrogen and oxygen atoms in total. The van der Waals surface area contributed by atoms with Gasteiger partial charge in [-0.25, -0.2) is 13.2 Å². The topological polar surface area (TPSA) is 69.7 Å². The van der Waals surface area contributed by atoms with Crippen LogP contribution in [0.5, 0.6) is 0 Å². The maximum Gasteiger partial charge on any atom is 0.321 e. The summed E-state index contributed by atoms with van der Waals surface area (Å²) in [5.41, 5.74) is 1.52. The van der Waals surface area contributed by atoms with Crippen molar-refractivity contribution in [2.75, 3.05) is 25.5 Å². The minimum atomic E-state index is -3.60. The molecule has 0 aromatic heterocycles. The first-order valence-electron chi connectivity index (χ1n) is 9.63. The third kappa shape index (κ3) is 5.11. The predicted octanol–water partition coefficient (Wildman–Crippen LogP) is 3.92. The molecule has 0 unspecified atom stereocenters. The highest BCUT2D eigenvalue weighted by atomic mass is 32.2. The predicted molar refractivity (Wildman–Crippen MR) is 111 cm³/mol. The third-order valence-corrected chi connectivity index (χ3v) is 6.77. The summed E-state index contributed by atoms with van der Waals surface area (Å²) >= 11 is 0. The second kappa shape index (κ2) is 9.21. The van der Waals surface area contributed by atoms with Gasteiger partial charge in [0.25, 0.3) is 0 Å². The number of hydrogen-bond acceptors (Lipinski definition) is 3. The van der Waals surface area contributed by atoms with Crippen molar-refractivity contribution >= 4 is 21.7 Å².